The highest BCUT2D eigenvalue weighted by Crippen LogP contribution is 2.43. The van der Waals surface area contributed by atoms with Crippen LogP contribution in [-0.4, -0.2) is 52.3 Å². The summed E-state index contributed by atoms with van der Waals surface area (Å²) in [6, 6.07) is -0.470. The summed E-state index contributed by atoms with van der Waals surface area (Å²) in [5.74, 6) is -0.310. The zero-order chi connectivity index (χ0) is 21.3. The number of nitrogens with zero attached hydrogens (tertiary/aromatic N) is 1. The molecule has 1 aliphatic carbocycles. The van der Waals surface area contributed by atoms with Gasteiger partial charge < -0.3 is 14.3 Å². The molecule has 1 atom stereocenters. The lowest BCUT2D eigenvalue weighted by Gasteiger charge is -2.40. The van der Waals surface area contributed by atoms with E-state index >= 15 is 0 Å². The van der Waals surface area contributed by atoms with Crippen LogP contribution in [0.3, 0.4) is 0 Å². The quantitative estimate of drug-likeness (QED) is 0.663. The van der Waals surface area contributed by atoms with E-state index in [-0.39, 0.29) is 43.2 Å². The summed E-state index contributed by atoms with van der Waals surface area (Å²) in [4.78, 5) is 51.7. The summed E-state index contributed by atoms with van der Waals surface area (Å²) in [6.07, 6.45) is 1.19. The highest BCUT2D eigenvalue weighted by molar-refractivity contribution is 6.09. The third-order valence-corrected chi connectivity index (χ3v) is 5.53. The third kappa shape index (κ3) is 4.80. The van der Waals surface area contributed by atoms with E-state index in [2.05, 4.69) is 0 Å². The molecule has 0 radical (unpaired) electrons. The highest BCUT2D eigenvalue weighted by atomic mass is 16.6. The van der Waals surface area contributed by atoms with Crippen LogP contribution in [0.2, 0.25) is 0 Å². The van der Waals surface area contributed by atoms with Crippen LogP contribution >= 0.6 is 0 Å². The van der Waals surface area contributed by atoms with Gasteiger partial charge in [-0.15, -0.1) is 0 Å². The van der Waals surface area contributed by atoms with Gasteiger partial charge in [-0.3, -0.25) is 14.5 Å². The molecule has 2 aliphatic rings. The number of carbonyl (C=O) groups is 4. The predicted molar refractivity (Wildman–Crippen MR) is 103 cm³/mol. The molecule has 2 rings (SSSR count). The molecule has 1 heterocycles. The van der Waals surface area contributed by atoms with Gasteiger partial charge in [0.05, 0.1) is 18.1 Å². The molecule has 7 heteroatoms. The maximum Gasteiger partial charge on any atom is 0.412 e. The first kappa shape index (κ1) is 22.5. The van der Waals surface area contributed by atoms with Gasteiger partial charge in [-0.05, 0) is 60.8 Å². The molecule has 1 saturated heterocycles. The van der Waals surface area contributed by atoms with Gasteiger partial charge in [0.25, 0.3) is 0 Å². The van der Waals surface area contributed by atoms with Crippen molar-refractivity contribution in [2.45, 2.75) is 97.4 Å². The SMILES string of the molecule is CC(=O)CCC1(C[C@H]2COC(C)(C)N2C(=O)OC(C)(C)C)C(=O)CCCC1=O. The van der Waals surface area contributed by atoms with Gasteiger partial charge in [0, 0.05) is 19.3 Å². The number of hydrogen-bond acceptors (Lipinski definition) is 6. The number of hydrogen-bond donors (Lipinski definition) is 0. The van der Waals surface area contributed by atoms with Crippen molar-refractivity contribution >= 4 is 23.4 Å². The lowest BCUT2D eigenvalue weighted by molar-refractivity contribution is -0.146. The molecule has 0 bridgehead atoms. The second kappa shape index (κ2) is 7.93. The number of amides is 1. The van der Waals surface area contributed by atoms with Crippen molar-refractivity contribution in [1.82, 2.24) is 4.90 Å². The Morgan fingerprint density at radius 1 is 1.18 bits per heavy atom. The minimum Gasteiger partial charge on any atom is -0.444 e. The van der Waals surface area contributed by atoms with E-state index in [4.69, 9.17) is 9.47 Å². The van der Waals surface area contributed by atoms with Gasteiger partial charge in [0.15, 0.2) is 0 Å². The lowest BCUT2D eigenvalue weighted by Crippen LogP contribution is -2.53. The zero-order valence-corrected chi connectivity index (χ0v) is 17.9. The smallest absolute Gasteiger partial charge is 0.412 e. The molecule has 1 amide bonds. The number of ketones is 3. The summed E-state index contributed by atoms with van der Waals surface area (Å²) >= 11 is 0. The average molecular weight is 395 g/mol. The molecule has 0 spiro atoms. The average Bonchev–Trinajstić information content (AvgIpc) is 2.82. The molecule has 1 aliphatic heterocycles. The Kier molecular flexibility index (Phi) is 6.38. The molecular weight excluding hydrogens is 362 g/mol. The Morgan fingerprint density at radius 3 is 2.25 bits per heavy atom. The van der Waals surface area contributed by atoms with Gasteiger partial charge in [-0.25, -0.2) is 4.79 Å². The fraction of sp³-hybridized carbons (Fsp3) is 0.810. The van der Waals surface area contributed by atoms with E-state index in [1.54, 1.807) is 34.6 Å². The molecule has 0 unspecified atom stereocenters. The van der Waals surface area contributed by atoms with Gasteiger partial charge in [-0.2, -0.15) is 0 Å². The monoisotopic (exact) mass is 395 g/mol. The van der Waals surface area contributed by atoms with Crippen molar-refractivity contribution in [3.8, 4) is 0 Å². The standard InChI is InChI=1S/C21H33NO6/c1-14(23)10-11-21(16(24)8-7-9-17(21)25)12-15-13-27-20(5,6)22(15)18(26)28-19(2,3)4/h15H,7-13H2,1-6H3/t15-/m0/s1. The highest BCUT2D eigenvalue weighted by Gasteiger charge is 2.53. The molecule has 0 aromatic rings. The van der Waals surface area contributed by atoms with E-state index in [1.807, 2.05) is 0 Å². The molecule has 0 N–H and O–H groups in total. The van der Waals surface area contributed by atoms with Crippen LogP contribution < -0.4 is 0 Å². The van der Waals surface area contributed by atoms with Gasteiger partial charge in [-0.1, -0.05) is 0 Å². The Morgan fingerprint density at radius 2 is 1.75 bits per heavy atom. The second-order valence-corrected chi connectivity index (χ2v) is 9.45. The van der Waals surface area contributed by atoms with Crippen LogP contribution in [0.25, 0.3) is 0 Å². The van der Waals surface area contributed by atoms with E-state index in [1.165, 1.54) is 11.8 Å². The molecule has 7 nitrogen and oxygen atoms in total. The predicted octanol–water partition coefficient (Wildman–Crippen LogP) is 3.43. The summed E-state index contributed by atoms with van der Waals surface area (Å²) in [5, 5.41) is 0. The number of rotatable bonds is 5. The van der Waals surface area contributed by atoms with Gasteiger partial charge in [0.2, 0.25) is 0 Å². The van der Waals surface area contributed by atoms with Crippen molar-refractivity contribution in [2.24, 2.45) is 5.41 Å². The number of Topliss-reactive ketones (excluding diaryl/α,β-unsaturated/α-hetero) is 3. The van der Waals surface area contributed by atoms with E-state index < -0.39 is 28.9 Å². The van der Waals surface area contributed by atoms with Crippen molar-refractivity contribution in [1.29, 1.82) is 0 Å². The Labute approximate surface area is 167 Å². The first-order chi connectivity index (χ1) is 12.8. The van der Waals surface area contributed by atoms with Crippen LogP contribution in [0.5, 0.6) is 0 Å². The summed E-state index contributed by atoms with van der Waals surface area (Å²) in [7, 11) is 0. The topological polar surface area (TPSA) is 90.0 Å². The normalized spacial score (nSPS) is 24.4. The van der Waals surface area contributed by atoms with E-state index in [9.17, 15) is 19.2 Å². The fourth-order valence-electron chi connectivity index (χ4n) is 4.16. The minimum absolute atomic E-state index is 0.0578. The van der Waals surface area contributed by atoms with Crippen LogP contribution in [0.4, 0.5) is 4.79 Å². The molecule has 2 fully saturated rings. The van der Waals surface area contributed by atoms with Crippen molar-refractivity contribution in [3.05, 3.63) is 0 Å². The van der Waals surface area contributed by atoms with Crippen LogP contribution in [0.15, 0.2) is 0 Å². The first-order valence-corrected chi connectivity index (χ1v) is 10.0. The lowest BCUT2D eigenvalue weighted by atomic mass is 9.65. The van der Waals surface area contributed by atoms with Crippen molar-refractivity contribution in [3.63, 3.8) is 0 Å². The fourth-order valence-corrected chi connectivity index (χ4v) is 4.16. The van der Waals surface area contributed by atoms with E-state index in [0.29, 0.717) is 19.3 Å². The number of ether oxygens (including phenoxy) is 2. The summed E-state index contributed by atoms with van der Waals surface area (Å²) in [6.45, 7) is 10.6. The Balaban J connectivity index is 2.33. The number of carbonyl (C=O) groups excluding carboxylic acids is 4. The molecule has 28 heavy (non-hydrogen) atoms. The largest absolute Gasteiger partial charge is 0.444 e. The van der Waals surface area contributed by atoms with Crippen molar-refractivity contribution < 1.29 is 28.7 Å². The van der Waals surface area contributed by atoms with Gasteiger partial charge in [0.1, 0.15) is 28.7 Å². The Hall–Kier alpha value is -1.76. The van der Waals surface area contributed by atoms with Crippen LogP contribution in [0, 0.1) is 5.41 Å². The molecule has 0 aromatic heterocycles. The van der Waals surface area contributed by atoms with Crippen LogP contribution in [-0.2, 0) is 23.9 Å². The zero-order valence-electron chi connectivity index (χ0n) is 17.9. The van der Waals surface area contributed by atoms with Crippen LogP contribution in [0.1, 0.15) is 80.1 Å². The molecular formula is C21H33NO6. The molecule has 158 valence electrons. The third-order valence-electron chi connectivity index (χ3n) is 5.53. The first-order valence-electron chi connectivity index (χ1n) is 10.0. The summed E-state index contributed by atoms with van der Waals surface area (Å²) < 4.78 is 11.4. The van der Waals surface area contributed by atoms with Gasteiger partial charge >= 0.3 is 6.09 Å². The van der Waals surface area contributed by atoms with Crippen molar-refractivity contribution in [2.75, 3.05) is 6.61 Å². The molecule has 1 saturated carbocycles. The Bertz CT molecular complexity index is 644. The maximum absolute atomic E-state index is 12.9. The minimum atomic E-state index is -1.22. The second-order valence-electron chi connectivity index (χ2n) is 9.45. The maximum atomic E-state index is 12.9. The molecule has 0 aromatic carbocycles. The van der Waals surface area contributed by atoms with E-state index in [0.717, 1.165) is 0 Å². The summed E-state index contributed by atoms with van der Waals surface area (Å²) in [5.41, 5.74) is -2.81.